The Morgan fingerprint density at radius 1 is 1.54 bits per heavy atom. The van der Waals surface area contributed by atoms with Crippen LogP contribution in [0.1, 0.15) is 20.8 Å². The molecule has 0 radical (unpaired) electrons. The second-order valence-electron chi connectivity index (χ2n) is 4.18. The Kier molecular flexibility index (Phi) is 3.24. The fourth-order valence-electron chi connectivity index (χ4n) is 1.44. The zero-order chi connectivity index (χ0) is 10.1. The highest BCUT2D eigenvalue weighted by molar-refractivity contribution is 7.99. The molecule has 1 aliphatic rings. The van der Waals surface area contributed by atoms with Gasteiger partial charge in [-0.15, -0.1) is 11.8 Å². The van der Waals surface area contributed by atoms with Gasteiger partial charge in [-0.1, -0.05) is 0 Å². The van der Waals surface area contributed by atoms with Crippen molar-refractivity contribution in [3.63, 3.8) is 0 Å². The molecule has 0 aliphatic carbocycles. The maximum atomic E-state index is 11.4. The minimum absolute atomic E-state index is 0.0440. The zero-order valence-electron chi connectivity index (χ0n) is 8.66. The summed E-state index contributed by atoms with van der Waals surface area (Å²) in [7, 11) is 1.45. The Morgan fingerprint density at radius 2 is 2.15 bits per heavy atom. The fraction of sp³-hybridized carbons (Fsp3) is 0.889. The maximum absolute atomic E-state index is 11.4. The minimum atomic E-state index is -0.111. The van der Waals surface area contributed by atoms with Crippen LogP contribution >= 0.6 is 11.8 Å². The molecule has 76 valence electrons. The summed E-state index contributed by atoms with van der Waals surface area (Å²) < 4.78 is 4.77. The quantitative estimate of drug-likeness (QED) is 0.601. The summed E-state index contributed by atoms with van der Waals surface area (Å²) in [4.78, 5) is 13.6. The van der Waals surface area contributed by atoms with Crippen LogP contribution < -0.4 is 0 Å². The van der Waals surface area contributed by atoms with Gasteiger partial charge in [-0.2, -0.15) is 0 Å². The molecule has 0 N–H and O–H groups in total. The van der Waals surface area contributed by atoms with Gasteiger partial charge in [0, 0.05) is 17.2 Å². The van der Waals surface area contributed by atoms with E-state index >= 15 is 0 Å². The molecule has 0 aromatic rings. The van der Waals surface area contributed by atoms with E-state index in [1.807, 2.05) is 0 Å². The number of carbonyl (C=O) groups is 1. The van der Waals surface area contributed by atoms with Crippen LogP contribution in [0.15, 0.2) is 0 Å². The molecule has 1 rings (SSSR count). The van der Waals surface area contributed by atoms with Crippen molar-refractivity contribution >= 4 is 17.7 Å². The Bertz CT molecular complexity index is 200. The van der Waals surface area contributed by atoms with Gasteiger partial charge in [0.2, 0.25) is 0 Å². The highest BCUT2D eigenvalue weighted by Gasteiger charge is 2.38. The van der Waals surface area contributed by atoms with E-state index in [-0.39, 0.29) is 17.6 Å². The molecule has 13 heavy (non-hydrogen) atoms. The number of nitrogens with zero attached hydrogens (tertiary/aromatic N) is 1. The molecule has 0 unspecified atom stereocenters. The number of hydrogen-bond donors (Lipinski definition) is 0. The number of hydrogen-bond acceptors (Lipinski definition) is 4. The molecular formula is C9H17NO2S. The van der Waals surface area contributed by atoms with E-state index in [1.165, 1.54) is 7.11 Å². The topological polar surface area (TPSA) is 29.5 Å². The Morgan fingerprint density at radius 3 is 2.62 bits per heavy atom. The summed E-state index contributed by atoms with van der Waals surface area (Å²) in [5.74, 6) is 1.66. The summed E-state index contributed by atoms with van der Waals surface area (Å²) in [6.45, 7) is 6.36. The predicted octanol–water partition coefficient (Wildman–Crippen LogP) is 1.33. The first-order chi connectivity index (χ1) is 5.96. The van der Waals surface area contributed by atoms with Crippen LogP contribution in [-0.4, -0.2) is 41.2 Å². The van der Waals surface area contributed by atoms with Crippen molar-refractivity contribution in [3.05, 3.63) is 0 Å². The van der Waals surface area contributed by atoms with E-state index in [4.69, 9.17) is 4.74 Å². The maximum Gasteiger partial charge on any atom is 0.323 e. The van der Waals surface area contributed by atoms with Gasteiger partial charge in [-0.3, -0.25) is 9.69 Å². The second-order valence-corrected chi connectivity index (χ2v) is 5.18. The van der Waals surface area contributed by atoms with Crippen molar-refractivity contribution in [1.29, 1.82) is 0 Å². The monoisotopic (exact) mass is 203 g/mol. The molecule has 1 atom stereocenters. The average molecular weight is 203 g/mol. The SMILES string of the molecule is COC(=O)[C@H]1CSCN1C(C)(C)C. The molecule has 0 spiro atoms. The first kappa shape index (κ1) is 10.9. The summed E-state index contributed by atoms with van der Waals surface area (Å²) in [5.41, 5.74) is 0.0440. The third kappa shape index (κ3) is 2.38. The lowest BCUT2D eigenvalue weighted by atomic mass is 10.0. The number of methoxy groups -OCH3 is 1. The van der Waals surface area contributed by atoms with Crippen molar-refractivity contribution in [2.24, 2.45) is 0 Å². The molecule has 3 nitrogen and oxygen atoms in total. The van der Waals surface area contributed by atoms with E-state index in [9.17, 15) is 4.79 Å². The number of carbonyl (C=O) groups excluding carboxylic acids is 1. The lowest BCUT2D eigenvalue weighted by molar-refractivity contribution is -0.147. The van der Waals surface area contributed by atoms with Crippen molar-refractivity contribution in [2.45, 2.75) is 32.4 Å². The fourth-order valence-corrected chi connectivity index (χ4v) is 2.84. The Labute approximate surface area is 83.8 Å². The van der Waals surface area contributed by atoms with Gasteiger partial charge in [-0.05, 0) is 20.8 Å². The van der Waals surface area contributed by atoms with Gasteiger partial charge in [0.1, 0.15) is 6.04 Å². The van der Waals surface area contributed by atoms with Crippen molar-refractivity contribution in [1.82, 2.24) is 4.90 Å². The second kappa shape index (κ2) is 3.88. The molecule has 1 fully saturated rings. The predicted molar refractivity (Wildman–Crippen MR) is 54.7 cm³/mol. The van der Waals surface area contributed by atoms with Crippen LogP contribution in [0.2, 0.25) is 0 Å². The molecular weight excluding hydrogens is 186 g/mol. The largest absolute Gasteiger partial charge is 0.468 e. The van der Waals surface area contributed by atoms with Gasteiger partial charge in [0.05, 0.1) is 7.11 Å². The standard InChI is InChI=1S/C9H17NO2S/c1-9(2,3)10-6-13-5-7(10)8(11)12-4/h7H,5-6H2,1-4H3/t7-/m1/s1. The van der Waals surface area contributed by atoms with E-state index < -0.39 is 0 Å². The summed E-state index contributed by atoms with van der Waals surface area (Å²) in [5, 5.41) is 0. The number of rotatable bonds is 1. The highest BCUT2D eigenvalue weighted by atomic mass is 32.2. The lowest BCUT2D eigenvalue weighted by Gasteiger charge is -2.34. The smallest absolute Gasteiger partial charge is 0.323 e. The first-order valence-electron chi connectivity index (χ1n) is 4.39. The van der Waals surface area contributed by atoms with Crippen LogP contribution in [-0.2, 0) is 9.53 Å². The van der Waals surface area contributed by atoms with Gasteiger partial charge in [0.15, 0.2) is 0 Å². The van der Waals surface area contributed by atoms with Gasteiger partial charge < -0.3 is 4.74 Å². The molecule has 1 saturated heterocycles. The van der Waals surface area contributed by atoms with Gasteiger partial charge >= 0.3 is 5.97 Å². The van der Waals surface area contributed by atoms with Crippen molar-refractivity contribution < 1.29 is 9.53 Å². The number of ether oxygens (including phenoxy) is 1. The third-order valence-electron chi connectivity index (χ3n) is 2.22. The van der Waals surface area contributed by atoms with E-state index in [2.05, 4.69) is 25.7 Å². The van der Waals surface area contributed by atoms with E-state index in [0.717, 1.165) is 11.6 Å². The highest BCUT2D eigenvalue weighted by Crippen LogP contribution is 2.29. The normalized spacial score (nSPS) is 24.8. The van der Waals surface area contributed by atoms with E-state index in [0.29, 0.717) is 0 Å². The van der Waals surface area contributed by atoms with Crippen LogP contribution in [0.3, 0.4) is 0 Å². The van der Waals surface area contributed by atoms with Gasteiger partial charge in [0.25, 0.3) is 0 Å². The van der Waals surface area contributed by atoms with Crippen LogP contribution in [0, 0.1) is 0 Å². The van der Waals surface area contributed by atoms with Gasteiger partial charge in [-0.25, -0.2) is 0 Å². The molecule has 0 aromatic carbocycles. The molecule has 1 aliphatic heterocycles. The van der Waals surface area contributed by atoms with Crippen LogP contribution in [0.5, 0.6) is 0 Å². The molecule has 4 heteroatoms. The van der Waals surface area contributed by atoms with Crippen molar-refractivity contribution in [2.75, 3.05) is 18.7 Å². The molecule has 0 amide bonds. The lowest BCUT2D eigenvalue weighted by Crippen LogP contribution is -2.49. The summed E-state index contributed by atoms with van der Waals surface area (Å²) in [6, 6.07) is -0.0602. The van der Waals surface area contributed by atoms with Crippen molar-refractivity contribution in [3.8, 4) is 0 Å². The first-order valence-corrected chi connectivity index (χ1v) is 5.54. The molecule has 1 heterocycles. The third-order valence-corrected chi connectivity index (χ3v) is 3.23. The zero-order valence-corrected chi connectivity index (χ0v) is 9.48. The average Bonchev–Trinajstić information content (AvgIpc) is 2.49. The number of esters is 1. The van der Waals surface area contributed by atoms with Crippen LogP contribution in [0.4, 0.5) is 0 Å². The molecule has 0 saturated carbocycles. The summed E-state index contributed by atoms with van der Waals surface area (Å²) in [6.07, 6.45) is 0. The van der Waals surface area contributed by atoms with E-state index in [1.54, 1.807) is 11.8 Å². The summed E-state index contributed by atoms with van der Waals surface area (Å²) >= 11 is 1.79. The Balaban J connectivity index is 2.70. The Hall–Kier alpha value is -0.220. The molecule has 0 aromatic heterocycles. The molecule has 0 bridgehead atoms. The number of thioether (sulfide) groups is 1. The van der Waals surface area contributed by atoms with Crippen LogP contribution in [0.25, 0.3) is 0 Å². The minimum Gasteiger partial charge on any atom is -0.468 e.